The van der Waals surface area contributed by atoms with Crippen LogP contribution in [0.15, 0.2) is 12.7 Å². The van der Waals surface area contributed by atoms with Crippen molar-refractivity contribution in [2.45, 2.75) is 18.9 Å². The summed E-state index contributed by atoms with van der Waals surface area (Å²) in [5, 5.41) is 9.29. The maximum Gasteiger partial charge on any atom is 0.0577 e. The van der Waals surface area contributed by atoms with Crippen LogP contribution in [0.3, 0.4) is 0 Å². The minimum absolute atomic E-state index is 0.00185. The molecule has 3 rings (SSSR count). The molecule has 1 heteroatoms. The number of hydrogen-bond donors (Lipinski definition) is 1. The van der Waals surface area contributed by atoms with Gasteiger partial charge in [0.1, 0.15) is 0 Å². The minimum atomic E-state index is -0.00185. The Balaban J connectivity index is 2.12. The van der Waals surface area contributed by atoms with E-state index in [1.165, 1.54) is 6.42 Å². The van der Waals surface area contributed by atoms with Gasteiger partial charge in [-0.1, -0.05) is 6.08 Å². The molecule has 0 aromatic rings. The normalized spacial score (nSPS) is 54.8. The number of hydrogen-bond acceptors (Lipinski definition) is 1. The van der Waals surface area contributed by atoms with Crippen molar-refractivity contribution in [1.29, 1.82) is 0 Å². The average molecular weight is 124 g/mol. The molecular formula is C8H12O. The Labute approximate surface area is 55.4 Å². The van der Waals surface area contributed by atoms with Gasteiger partial charge in [0, 0.05) is 0 Å². The maximum atomic E-state index is 9.29. The molecule has 3 aliphatic carbocycles. The lowest BCUT2D eigenvalue weighted by Crippen LogP contribution is -2.28. The van der Waals surface area contributed by atoms with Crippen LogP contribution in [0.1, 0.15) is 12.8 Å². The van der Waals surface area contributed by atoms with Crippen LogP contribution in [0.25, 0.3) is 0 Å². The molecule has 0 heterocycles. The van der Waals surface area contributed by atoms with Gasteiger partial charge < -0.3 is 5.11 Å². The van der Waals surface area contributed by atoms with Crippen LogP contribution in [-0.2, 0) is 0 Å². The van der Waals surface area contributed by atoms with Crippen molar-refractivity contribution >= 4 is 0 Å². The minimum Gasteiger partial charge on any atom is -0.393 e. The van der Waals surface area contributed by atoms with Gasteiger partial charge in [-0.15, -0.1) is 6.58 Å². The number of allylic oxidation sites excluding steroid dienone is 1. The van der Waals surface area contributed by atoms with E-state index in [0.717, 1.165) is 12.3 Å². The molecule has 0 aliphatic heterocycles. The molecule has 0 spiro atoms. The third-order valence-electron chi connectivity index (χ3n) is 2.92. The second-order valence-electron chi connectivity index (χ2n) is 3.28. The number of aliphatic hydroxyl groups is 1. The standard InChI is InChI=1S/C8H12O/c1-2-6-5-3-7(6)8(9)4-5/h2,5-9H,1,3-4H2/t5-,6-,7-,8+/m1/s1. The Morgan fingerprint density at radius 3 is 2.44 bits per heavy atom. The van der Waals surface area contributed by atoms with Crippen LogP contribution in [0.5, 0.6) is 0 Å². The number of rotatable bonds is 1. The highest BCUT2D eigenvalue weighted by Crippen LogP contribution is 2.53. The summed E-state index contributed by atoms with van der Waals surface area (Å²) in [7, 11) is 0. The topological polar surface area (TPSA) is 20.2 Å². The summed E-state index contributed by atoms with van der Waals surface area (Å²) in [5.74, 6) is 2.01. The van der Waals surface area contributed by atoms with Gasteiger partial charge in [-0.2, -0.15) is 0 Å². The first-order chi connectivity index (χ1) is 4.33. The van der Waals surface area contributed by atoms with Crippen LogP contribution in [0.2, 0.25) is 0 Å². The van der Waals surface area contributed by atoms with Crippen molar-refractivity contribution in [3.05, 3.63) is 12.7 Å². The van der Waals surface area contributed by atoms with Gasteiger partial charge in [-0.05, 0) is 30.6 Å². The summed E-state index contributed by atoms with van der Waals surface area (Å²) in [5.41, 5.74) is 0. The van der Waals surface area contributed by atoms with Crippen molar-refractivity contribution in [2.24, 2.45) is 17.8 Å². The largest absolute Gasteiger partial charge is 0.393 e. The Bertz CT molecular complexity index is 142. The van der Waals surface area contributed by atoms with Crippen LogP contribution in [0.4, 0.5) is 0 Å². The Hall–Kier alpha value is -0.300. The summed E-state index contributed by atoms with van der Waals surface area (Å²) in [6.45, 7) is 3.75. The second-order valence-corrected chi connectivity index (χ2v) is 3.28. The van der Waals surface area contributed by atoms with E-state index in [4.69, 9.17) is 0 Å². The van der Waals surface area contributed by atoms with Gasteiger partial charge in [-0.25, -0.2) is 0 Å². The molecule has 0 amide bonds. The van der Waals surface area contributed by atoms with Crippen molar-refractivity contribution in [3.63, 3.8) is 0 Å². The lowest BCUT2D eigenvalue weighted by Gasteiger charge is -2.33. The molecule has 4 atom stereocenters. The Morgan fingerprint density at radius 2 is 2.22 bits per heavy atom. The third-order valence-corrected chi connectivity index (χ3v) is 2.92. The zero-order valence-electron chi connectivity index (χ0n) is 5.46. The van der Waals surface area contributed by atoms with E-state index in [1.54, 1.807) is 0 Å². The number of fused-ring (bicyclic) bond motifs is 1. The molecule has 9 heavy (non-hydrogen) atoms. The zero-order chi connectivity index (χ0) is 6.43. The summed E-state index contributed by atoms with van der Waals surface area (Å²) < 4.78 is 0. The highest BCUT2D eigenvalue weighted by molar-refractivity contribution is 5.07. The third kappa shape index (κ3) is 0.531. The zero-order valence-corrected chi connectivity index (χ0v) is 5.46. The predicted molar refractivity (Wildman–Crippen MR) is 35.9 cm³/mol. The van der Waals surface area contributed by atoms with Crippen LogP contribution >= 0.6 is 0 Å². The predicted octanol–water partition coefficient (Wildman–Crippen LogP) is 1.19. The Kier molecular flexibility index (Phi) is 0.974. The van der Waals surface area contributed by atoms with E-state index in [1.807, 2.05) is 6.08 Å². The smallest absolute Gasteiger partial charge is 0.0577 e. The summed E-state index contributed by atoms with van der Waals surface area (Å²) in [4.78, 5) is 0. The van der Waals surface area contributed by atoms with Crippen LogP contribution in [0, 0.1) is 17.8 Å². The first-order valence-corrected chi connectivity index (χ1v) is 3.63. The molecular weight excluding hydrogens is 112 g/mol. The van der Waals surface area contributed by atoms with Crippen molar-refractivity contribution < 1.29 is 5.11 Å². The van der Waals surface area contributed by atoms with Crippen molar-refractivity contribution in [3.8, 4) is 0 Å². The molecule has 50 valence electrons. The van der Waals surface area contributed by atoms with E-state index in [9.17, 15) is 5.11 Å². The highest BCUT2D eigenvalue weighted by atomic mass is 16.3. The molecule has 3 fully saturated rings. The van der Waals surface area contributed by atoms with Crippen molar-refractivity contribution in [2.75, 3.05) is 0 Å². The molecule has 3 aliphatic rings. The van der Waals surface area contributed by atoms with Crippen LogP contribution in [-0.4, -0.2) is 11.2 Å². The van der Waals surface area contributed by atoms with E-state index >= 15 is 0 Å². The van der Waals surface area contributed by atoms with Gasteiger partial charge in [0.25, 0.3) is 0 Å². The fourth-order valence-corrected chi connectivity index (χ4v) is 2.34. The van der Waals surface area contributed by atoms with Gasteiger partial charge >= 0.3 is 0 Å². The van der Waals surface area contributed by atoms with Gasteiger partial charge in [0.05, 0.1) is 6.10 Å². The molecule has 0 aromatic heterocycles. The maximum absolute atomic E-state index is 9.29. The molecule has 0 unspecified atom stereocenters. The quantitative estimate of drug-likeness (QED) is 0.520. The fraction of sp³-hybridized carbons (Fsp3) is 0.750. The summed E-state index contributed by atoms with van der Waals surface area (Å²) in [6.07, 6.45) is 4.28. The summed E-state index contributed by atoms with van der Waals surface area (Å²) in [6, 6.07) is 0. The first kappa shape index (κ1) is 5.48. The van der Waals surface area contributed by atoms with Gasteiger partial charge in [0.2, 0.25) is 0 Å². The molecule has 1 N–H and O–H groups in total. The molecule has 0 saturated heterocycles. The molecule has 2 bridgehead atoms. The lowest BCUT2D eigenvalue weighted by atomic mass is 9.72. The fourth-order valence-electron chi connectivity index (χ4n) is 2.34. The first-order valence-electron chi connectivity index (χ1n) is 3.63. The lowest BCUT2D eigenvalue weighted by molar-refractivity contribution is 0.104. The van der Waals surface area contributed by atoms with Gasteiger partial charge in [0.15, 0.2) is 0 Å². The SMILES string of the molecule is C=C[C@@H]1[C@@H]2C[C@H]1[C@@H](O)C2. The molecule has 1 nitrogen and oxygen atoms in total. The summed E-state index contributed by atoms with van der Waals surface area (Å²) >= 11 is 0. The molecule has 3 saturated carbocycles. The average Bonchev–Trinajstić information content (AvgIpc) is 2.22. The van der Waals surface area contributed by atoms with E-state index in [0.29, 0.717) is 11.8 Å². The van der Waals surface area contributed by atoms with Crippen LogP contribution < -0.4 is 0 Å². The highest BCUT2D eigenvalue weighted by Gasteiger charge is 2.50. The second kappa shape index (κ2) is 1.60. The number of aliphatic hydroxyl groups excluding tert-OH is 1. The molecule has 0 aromatic carbocycles. The van der Waals surface area contributed by atoms with E-state index in [2.05, 4.69) is 6.58 Å². The Morgan fingerprint density at radius 1 is 1.44 bits per heavy atom. The monoisotopic (exact) mass is 124 g/mol. The van der Waals surface area contributed by atoms with E-state index < -0.39 is 0 Å². The molecule has 0 radical (unpaired) electrons. The van der Waals surface area contributed by atoms with Crippen molar-refractivity contribution in [1.82, 2.24) is 0 Å². The van der Waals surface area contributed by atoms with E-state index in [-0.39, 0.29) is 6.10 Å². The van der Waals surface area contributed by atoms with Gasteiger partial charge in [-0.3, -0.25) is 0 Å².